The zero-order chi connectivity index (χ0) is 14.3. The van der Waals surface area contributed by atoms with Crippen LogP contribution in [0.4, 0.5) is 11.4 Å². The summed E-state index contributed by atoms with van der Waals surface area (Å²) in [5.41, 5.74) is 8.09. The van der Waals surface area contributed by atoms with E-state index in [-0.39, 0.29) is 5.91 Å². The van der Waals surface area contributed by atoms with E-state index in [9.17, 15) is 4.79 Å². The number of carbonyl (C=O) groups is 1. The van der Waals surface area contributed by atoms with Gasteiger partial charge in [0.2, 0.25) is 5.91 Å². The average molecular weight is 260 g/mol. The van der Waals surface area contributed by atoms with E-state index in [4.69, 9.17) is 11.0 Å². The van der Waals surface area contributed by atoms with Crippen molar-refractivity contribution in [3.05, 3.63) is 23.8 Å². The fourth-order valence-corrected chi connectivity index (χ4v) is 1.65. The summed E-state index contributed by atoms with van der Waals surface area (Å²) < 4.78 is 0. The molecule has 0 aliphatic carbocycles. The first kappa shape index (κ1) is 15.0. The van der Waals surface area contributed by atoms with Crippen molar-refractivity contribution < 1.29 is 4.79 Å². The van der Waals surface area contributed by atoms with Gasteiger partial charge in [0.05, 0.1) is 6.07 Å². The third-order valence-corrected chi connectivity index (χ3v) is 2.98. The largest absolute Gasteiger partial charge is 0.398 e. The quantitative estimate of drug-likeness (QED) is 0.763. The Kier molecular flexibility index (Phi) is 5.83. The van der Waals surface area contributed by atoms with E-state index >= 15 is 0 Å². The van der Waals surface area contributed by atoms with Crippen LogP contribution < -0.4 is 11.1 Å². The Morgan fingerprint density at radius 2 is 2.21 bits per heavy atom. The summed E-state index contributed by atoms with van der Waals surface area (Å²) in [5, 5.41) is 11.3. The second kappa shape index (κ2) is 7.39. The standard InChI is InChI=1S/C14H20N4O/c1-11-12(16)5-3-6-13(11)17-14(19)7-10-18(2)9-4-8-15/h3,5-6H,4,7,9-10,16H2,1-2H3,(H,17,19). The monoisotopic (exact) mass is 260 g/mol. The minimum Gasteiger partial charge on any atom is -0.398 e. The lowest BCUT2D eigenvalue weighted by Crippen LogP contribution is -2.25. The Morgan fingerprint density at radius 3 is 2.89 bits per heavy atom. The summed E-state index contributed by atoms with van der Waals surface area (Å²) in [6.45, 7) is 3.19. The first-order valence-corrected chi connectivity index (χ1v) is 6.25. The number of rotatable bonds is 6. The van der Waals surface area contributed by atoms with E-state index in [1.165, 1.54) is 0 Å². The first-order valence-electron chi connectivity index (χ1n) is 6.25. The van der Waals surface area contributed by atoms with Gasteiger partial charge in [-0.2, -0.15) is 5.26 Å². The van der Waals surface area contributed by atoms with Gasteiger partial charge in [0.15, 0.2) is 0 Å². The van der Waals surface area contributed by atoms with Crippen LogP contribution in [-0.4, -0.2) is 30.9 Å². The van der Waals surface area contributed by atoms with Crippen LogP contribution in [0.5, 0.6) is 0 Å². The molecule has 5 heteroatoms. The van der Waals surface area contributed by atoms with E-state index in [1.54, 1.807) is 6.07 Å². The van der Waals surface area contributed by atoms with Crippen LogP contribution >= 0.6 is 0 Å². The summed E-state index contributed by atoms with van der Waals surface area (Å²) in [7, 11) is 1.90. The number of nitrogens with two attached hydrogens (primary N) is 1. The molecule has 0 spiro atoms. The summed E-state index contributed by atoms with van der Waals surface area (Å²) in [4.78, 5) is 13.8. The molecule has 0 saturated carbocycles. The molecule has 0 radical (unpaired) electrons. The minimum absolute atomic E-state index is 0.0440. The number of nitriles is 1. The van der Waals surface area contributed by atoms with Crippen molar-refractivity contribution in [1.82, 2.24) is 4.90 Å². The van der Waals surface area contributed by atoms with Crippen LogP contribution in [0.15, 0.2) is 18.2 Å². The third kappa shape index (κ3) is 4.98. The molecule has 0 aromatic heterocycles. The van der Waals surface area contributed by atoms with Gasteiger partial charge < -0.3 is 16.0 Å². The number of nitrogens with zero attached hydrogens (tertiary/aromatic N) is 2. The van der Waals surface area contributed by atoms with Crippen LogP contribution in [0.25, 0.3) is 0 Å². The second-order valence-corrected chi connectivity index (χ2v) is 4.53. The highest BCUT2D eigenvalue weighted by atomic mass is 16.1. The number of nitrogen functional groups attached to an aromatic ring is 1. The van der Waals surface area contributed by atoms with Gasteiger partial charge in [-0.15, -0.1) is 0 Å². The lowest BCUT2D eigenvalue weighted by molar-refractivity contribution is -0.116. The Morgan fingerprint density at radius 1 is 1.47 bits per heavy atom. The van der Waals surface area contributed by atoms with Crippen LogP contribution in [0.2, 0.25) is 0 Å². The van der Waals surface area contributed by atoms with E-state index in [2.05, 4.69) is 11.4 Å². The van der Waals surface area contributed by atoms with Gasteiger partial charge in [-0.05, 0) is 31.7 Å². The molecular weight excluding hydrogens is 240 g/mol. The Hall–Kier alpha value is -2.06. The number of benzene rings is 1. The SMILES string of the molecule is Cc1c(N)cccc1NC(=O)CCN(C)CCC#N. The van der Waals surface area contributed by atoms with Crippen molar-refractivity contribution in [2.24, 2.45) is 0 Å². The highest BCUT2D eigenvalue weighted by Crippen LogP contribution is 2.20. The summed E-state index contributed by atoms with van der Waals surface area (Å²) in [6, 6.07) is 7.54. The first-order chi connectivity index (χ1) is 9.04. The molecule has 0 heterocycles. The number of carbonyl (C=O) groups excluding carboxylic acids is 1. The Balaban J connectivity index is 2.43. The zero-order valence-electron chi connectivity index (χ0n) is 11.4. The van der Waals surface area contributed by atoms with Gasteiger partial charge in [0.25, 0.3) is 0 Å². The van der Waals surface area contributed by atoms with Crippen LogP contribution in [0.1, 0.15) is 18.4 Å². The molecule has 1 rings (SSSR count). The maximum absolute atomic E-state index is 11.8. The molecule has 0 unspecified atom stereocenters. The molecule has 0 aliphatic rings. The molecule has 0 bridgehead atoms. The molecular formula is C14H20N4O. The zero-order valence-corrected chi connectivity index (χ0v) is 11.4. The molecule has 1 aromatic rings. The van der Waals surface area contributed by atoms with Crippen molar-refractivity contribution in [1.29, 1.82) is 5.26 Å². The number of amides is 1. The Bertz CT molecular complexity index is 479. The van der Waals surface area contributed by atoms with E-state index in [0.717, 1.165) is 11.3 Å². The van der Waals surface area contributed by atoms with Crippen molar-refractivity contribution in [3.8, 4) is 6.07 Å². The molecule has 0 fully saturated rings. The number of hydrogen-bond donors (Lipinski definition) is 2. The van der Waals surface area contributed by atoms with Gasteiger partial charge in [-0.1, -0.05) is 6.07 Å². The summed E-state index contributed by atoms with van der Waals surface area (Å²) in [6.07, 6.45) is 0.878. The molecule has 1 amide bonds. The lowest BCUT2D eigenvalue weighted by atomic mass is 10.1. The highest BCUT2D eigenvalue weighted by molar-refractivity contribution is 5.92. The van der Waals surface area contributed by atoms with Gasteiger partial charge in [0, 0.05) is 37.3 Å². The second-order valence-electron chi connectivity index (χ2n) is 4.53. The number of hydrogen-bond acceptors (Lipinski definition) is 4. The highest BCUT2D eigenvalue weighted by Gasteiger charge is 2.07. The number of anilines is 2. The Labute approximate surface area is 114 Å². The van der Waals surface area contributed by atoms with Gasteiger partial charge in [-0.25, -0.2) is 0 Å². The van der Waals surface area contributed by atoms with Crippen molar-refractivity contribution >= 4 is 17.3 Å². The van der Waals surface area contributed by atoms with Crippen molar-refractivity contribution in [3.63, 3.8) is 0 Å². The van der Waals surface area contributed by atoms with Crippen LogP contribution in [0, 0.1) is 18.3 Å². The number of nitrogens with one attached hydrogen (secondary N) is 1. The van der Waals surface area contributed by atoms with Crippen LogP contribution in [-0.2, 0) is 4.79 Å². The lowest BCUT2D eigenvalue weighted by Gasteiger charge is -2.15. The maximum Gasteiger partial charge on any atom is 0.225 e. The minimum atomic E-state index is -0.0440. The maximum atomic E-state index is 11.8. The molecule has 1 aromatic carbocycles. The van der Waals surface area contributed by atoms with Gasteiger partial charge >= 0.3 is 0 Å². The third-order valence-electron chi connectivity index (χ3n) is 2.98. The predicted molar refractivity (Wildman–Crippen MR) is 76.6 cm³/mol. The van der Waals surface area contributed by atoms with E-state index in [1.807, 2.05) is 31.0 Å². The summed E-state index contributed by atoms with van der Waals surface area (Å²) in [5.74, 6) is -0.0440. The predicted octanol–water partition coefficient (Wildman–Crippen LogP) is 1.75. The molecule has 5 nitrogen and oxygen atoms in total. The molecule has 3 N–H and O–H groups in total. The average Bonchev–Trinajstić information content (AvgIpc) is 2.39. The summed E-state index contributed by atoms with van der Waals surface area (Å²) >= 11 is 0. The topological polar surface area (TPSA) is 82.2 Å². The van der Waals surface area contributed by atoms with Gasteiger partial charge in [0.1, 0.15) is 0 Å². The molecule has 0 aliphatic heterocycles. The van der Waals surface area contributed by atoms with E-state index in [0.29, 0.717) is 31.6 Å². The molecule has 0 saturated heterocycles. The molecule has 19 heavy (non-hydrogen) atoms. The van der Waals surface area contributed by atoms with E-state index < -0.39 is 0 Å². The molecule has 0 atom stereocenters. The fourth-order valence-electron chi connectivity index (χ4n) is 1.65. The smallest absolute Gasteiger partial charge is 0.225 e. The molecule has 102 valence electrons. The normalized spacial score (nSPS) is 10.2. The van der Waals surface area contributed by atoms with Crippen molar-refractivity contribution in [2.75, 3.05) is 31.2 Å². The fraction of sp³-hybridized carbons (Fsp3) is 0.429. The van der Waals surface area contributed by atoms with Crippen molar-refractivity contribution in [2.45, 2.75) is 19.8 Å². The van der Waals surface area contributed by atoms with Crippen LogP contribution in [0.3, 0.4) is 0 Å². The van der Waals surface area contributed by atoms with Gasteiger partial charge in [-0.3, -0.25) is 4.79 Å².